The maximum atomic E-state index is 13.1. The van der Waals surface area contributed by atoms with E-state index in [1.807, 2.05) is 10.8 Å². The van der Waals surface area contributed by atoms with E-state index in [0.29, 0.717) is 21.2 Å². The minimum atomic E-state index is -3.25. The Morgan fingerprint density at radius 2 is 2.08 bits per heavy atom. The van der Waals surface area contributed by atoms with E-state index in [1.54, 1.807) is 12.3 Å². The molecule has 25 heavy (non-hydrogen) atoms. The second-order valence-electron chi connectivity index (χ2n) is 7.04. The average Bonchev–Trinajstić information content (AvgIpc) is 3.10. The van der Waals surface area contributed by atoms with Crippen LogP contribution in [0.15, 0.2) is 27.2 Å². The molecule has 134 valence electrons. The normalized spacial score (nSPS) is 26.7. The number of carbonyl (C=O) groups excluding carboxylic acids is 1. The second-order valence-corrected chi connectivity index (χ2v) is 11.1. The third kappa shape index (κ3) is 3.04. The molecular weight excluding hydrogens is 376 g/mol. The summed E-state index contributed by atoms with van der Waals surface area (Å²) < 4.78 is 24.1. The first-order valence-electron chi connectivity index (χ1n) is 8.41. The fourth-order valence-corrected chi connectivity index (χ4v) is 6.60. The Labute approximate surface area is 155 Å². The van der Waals surface area contributed by atoms with Crippen LogP contribution in [0.4, 0.5) is 5.13 Å². The molecule has 0 aliphatic heterocycles. The van der Waals surface area contributed by atoms with Gasteiger partial charge in [-0.2, -0.15) is 0 Å². The zero-order chi connectivity index (χ0) is 17.7. The van der Waals surface area contributed by atoms with Gasteiger partial charge < -0.3 is 5.32 Å². The van der Waals surface area contributed by atoms with Crippen LogP contribution in [0, 0.1) is 11.8 Å². The van der Waals surface area contributed by atoms with Crippen molar-refractivity contribution in [3.8, 4) is 0 Å². The smallest absolute Gasteiger partial charge is 0.237 e. The summed E-state index contributed by atoms with van der Waals surface area (Å²) >= 11 is 2.61. The van der Waals surface area contributed by atoms with Crippen LogP contribution in [0.2, 0.25) is 0 Å². The molecule has 2 atom stereocenters. The van der Waals surface area contributed by atoms with Gasteiger partial charge >= 0.3 is 0 Å². The first kappa shape index (κ1) is 17.2. The topological polar surface area (TPSA) is 76.1 Å². The number of hydrogen-bond acceptors (Lipinski definition) is 6. The van der Waals surface area contributed by atoms with Gasteiger partial charge in [0.2, 0.25) is 5.91 Å². The molecule has 1 N–H and O–H groups in total. The molecule has 2 saturated carbocycles. The molecule has 0 aromatic carbocycles. The predicted octanol–water partition coefficient (Wildman–Crippen LogP) is 3.69. The molecule has 2 aromatic rings. The zero-order valence-corrected chi connectivity index (χ0v) is 16.3. The van der Waals surface area contributed by atoms with E-state index in [1.165, 1.54) is 54.6 Å². The van der Waals surface area contributed by atoms with Crippen LogP contribution in [-0.4, -0.2) is 25.6 Å². The number of sulfone groups is 1. The summed E-state index contributed by atoms with van der Waals surface area (Å²) in [6, 6.07) is 1.70. The first-order valence-corrected chi connectivity index (χ1v) is 12.1. The number of nitrogens with zero attached hydrogens (tertiary/aromatic N) is 1. The minimum Gasteiger partial charge on any atom is -0.301 e. The molecule has 2 heterocycles. The Balaban J connectivity index is 1.67. The van der Waals surface area contributed by atoms with Crippen molar-refractivity contribution in [2.75, 3.05) is 11.6 Å². The van der Waals surface area contributed by atoms with E-state index >= 15 is 0 Å². The van der Waals surface area contributed by atoms with Crippen molar-refractivity contribution in [2.45, 2.75) is 41.7 Å². The molecule has 0 saturated heterocycles. The van der Waals surface area contributed by atoms with Crippen molar-refractivity contribution in [2.24, 2.45) is 11.8 Å². The summed E-state index contributed by atoms with van der Waals surface area (Å²) in [5.74, 6) is 0.817. The van der Waals surface area contributed by atoms with Gasteiger partial charge in [-0.25, -0.2) is 13.4 Å². The largest absolute Gasteiger partial charge is 0.301 e. The summed E-state index contributed by atoms with van der Waals surface area (Å²) in [5, 5.41) is 7.23. The molecule has 1 amide bonds. The number of amides is 1. The molecule has 0 spiro atoms. The van der Waals surface area contributed by atoms with Crippen LogP contribution in [-0.2, 0) is 20.0 Å². The third-order valence-corrected chi connectivity index (χ3v) is 8.95. The Bertz CT molecular complexity index is 882. The van der Waals surface area contributed by atoms with Crippen LogP contribution in [0.25, 0.3) is 0 Å². The zero-order valence-electron chi connectivity index (χ0n) is 13.9. The van der Waals surface area contributed by atoms with Crippen LogP contribution in [0.1, 0.15) is 37.7 Å². The highest BCUT2D eigenvalue weighted by molar-refractivity contribution is 7.92. The molecule has 0 unspecified atom stereocenters. The lowest BCUT2D eigenvalue weighted by molar-refractivity contribution is -0.119. The van der Waals surface area contributed by atoms with E-state index in [0.717, 1.165) is 12.0 Å². The SMILES string of the molecule is CS(=O)(=O)c1cc([C@@]2(C(=O)Nc3nccs3)C[C@H]2C2CCCC2)cs1. The predicted molar refractivity (Wildman–Crippen MR) is 99.9 cm³/mol. The van der Waals surface area contributed by atoms with Gasteiger partial charge in [-0.15, -0.1) is 22.7 Å². The maximum Gasteiger partial charge on any atom is 0.237 e. The van der Waals surface area contributed by atoms with Crippen molar-refractivity contribution in [3.05, 3.63) is 28.6 Å². The lowest BCUT2D eigenvalue weighted by atomic mass is 9.88. The summed E-state index contributed by atoms with van der Waals surface area (Å²) in [4.78, 5) is 17.3. The standard InChI is InChI=1S/C17H20N2O3S3/c1-25(21,22)14-8-12(10-24-14)17(9-13(17)11-4-2-3-5-11)15(20)19-16-18-6-7-23-16/h6-8,10-11,13H,2-5,9H2,1H3,(H,18,19,20)/t13-,17-/m0/s1. The average molecular weight is 397 g/mol. The van der Waals surface area contributed by atoms with Gasteiger partial charge in [0.25, 0.3) is 0 Å². The highest BCUT2D eigenvalue weighted by Crippen LogP contribution is 2.62. The van der Waals surface area contributed by atoms with E-state index < -0.39 is 15.3 Å². The summed E-state index contributed by atoms with van der Waals surface area (Å²) in [6.07, 6.45) is 8.47. The number of rotatable bonds is 5. The number of thiophene rings is 1. The van der Waals surface area contributed by atoms with Gasteiger partial charge in [0, 0.05) is 17.8 Å². The fourth-order valence-electron chi connectivity index (χ4n) is 4.18. The molecule has 2 aliphatic carbocycles. The molecule has 8 heteroatoms. The minimum absolute atomic E-state index is 0.0443. The monoisotopic (exact) mass is 396 g/mol. The Kier molecular flexibility index (Phi) is 4.24. The van der Waals surface area contributed by atoms with Gasteiger partial charge in [0.15, 0.2) is 15.0 Å². The maximum absolute atomic E-state index is 13.1. The van der Waals surface area contributed by atoms with Gasteiger partial charge in [-0.05, 0) is 35.3 Å². The highest BCUT2D eigenvalue weighted by atomic mass is 32.2. The van der Waals surface area contributed by atoms with E-state index in [9.17, 15) is 13.2 Å². The molecule has 5 nitrogen and oxygen atoms in total. The highest BCUT2D eigenvalue weighted by Gasteiger charge is 2.64. The Hall–Kier alpha value is -1.25. The third-order valence-electron chi connectivity index (χ3n) is 5.50. The van der Waals surface area contributed by atoms with Crippen molar-refractivity contribution in [1.29, 1.82) is 0 Å². The van der Waals surface area contributed by atoms with Crippen LogP contribution in [0.3, 0.4) is 0 Å². The molecule has 2 fully saturated rings. The van der Waals surface area contributed by atoms with E-state index in [2.05, 4.69) is 10.3 Å². The van der Waals surface area contributed by atoms with Gasteiger partial charge in [-0.1, -0.05) is 25.7 Å². The Morgan fingerprint density at radius 3 is 2.68 bits per heavy atom. The van der Waals surface area contributed by atoms with Crippen LogP contribution < -0.4 is 5.32 Å². The van der Waals surface area contributed by atoms with Crippen molar-refractivity contribution < 1.29 is 13.2 Å². The fraction of sp³-hybridized carbons (Fsp3) is 0.529. The molecule has 0 bridgehead atoms. The van der Waals surface area contributed by atoms with E-state index in [4.69, 9.17) is 0 Å². The van der Waals surface area contributed by atoms with E-state index in [-0.39, 0.29) is 5.91 Å². The number of anilines is 1. The lowest BCUT2D eigenvalue weighted by Crippen LogP contribution is -2.31. The molecule has 0 radical (unpaired) electrons. The van der Waals surface area contributed by atoms with Gasteiger partial charge in [-0.3, -0.25) is 4.79 Å². The van der Waals surface area contributed by atoms with Gasteiger partial charge in [0.1, 0.15) is 4.21 Å². The van der Waals surface area contributed by atoms with Crippen LogP contribution >= 0.6 is 22.7 Å². The van der Waals surface area contributed by atoms with Crippen LogP contribution in [0.5, 0.6) is 0 Å². The summed E-state index contributed by atoms with van der Waals surface area (Å²) in [7, 11) is -3.25. The lowest BCUT2D eigenvalue weighted by Gasteiger charge is -2.18. The van der Waals surface area contributed by atoms with Crippen molar-refractivity contribution in [1.82, 2.24) is 4.98 Å². The summed E-state index contributed by atoms with van der Waals surface area (Å²) in [6.45, 7) is 0. The number of hydrogen-bond donors (Lipinski definition) is 1. The first-order chi connectivity index (χ1) is 11.9. The second kappa shape index (κ2) is 6.17. The molecule has 2 aliphatic rings. The number of thiazole rings is 1. The quantitative estimate of drug-likeness (QED) is 0.836. The molecular formula is C17H20N2O3S3. The molecule has 2 aromatic heterocycles. The van der Waals surface area contributed by atoms with Gasteiger partial charge in [0.05, 0.1) is 5.41 Å². The van der Waals surface area contributed by atoms with Crippen molar-refractivity contribution in [3.63, 3.8) is 0 Å². The number of carbonyl (C=O) groups is 1. The molecule has 4 rings (SSSR count). The van der Waals surface area contributed by atoms with Crippen molar-refractivity contribution >= 4 is 43.5 Å². The summed E-state index contributed by atoms with van der Waals surface area (Å²) in [5.41, 5.74) is 0.254. The number of aromatic nitrogens is 1. The Morgan fingerprint density at radius 1 is 1.32 bits per heavy atom. The number of nitrogens with one attached hydrogen (secondary N) is 1.